The second kappa shape index (κ2) is 9.68. The maximum Gasteiger partial charge on any atom is 0.336 e. The number of fused-ring (bicyclic) bond motifs is 1. The molecule has 0 bridgehead atoms. The van der Waals surface area contributed by atoms with E-state index in [4.69, 9.17) is 9.15 Å². The minimum Gasteiger partial charge on any atom is -0.481 e. The molecular weight excluding hydrogens is 408 g/mol. The lowest BCUT2D eigenvalue weighted by atomic mass is 10.0. The molecule has 1 saturated heterocycles. The van der Waals surface area contributed by atoms with Crippen LogP contribution in [0.4, 0.5) is 0 Å². The van der Waals surface area contributed by atoms with Crippen molar-refractivity contribution < 1.29 is 18.7 Å². The summed E-state index contributed by atoms with van der Waals surface area (Å²) in [5.41, 5.74) is 1.65. The molecule has 0 radical (unpaired) electrons. The van der Waals surface area contributed by atoms with Crippen LogP contribution in [0, 0.1) is 0 Å². The van der Waals surface area contributed by atoms with Gasteiger partial charge in [-0.05, 0) is 43.0 Å². The number of carbonyl (C=O) groups is 2. The summed E-state index contributed by atoms with van der Waals surface area (Å²) in [6, 6.07) is 16.3. The van der Waals surface area contributed by atoms with Gasteiger partial charge in [0.05, 0.1) is 0 Å². The average molecular weight is 434 g/mol. The SMILES string of the molecule is C[C@@H](Oc1ccc2c(-c3ccccc3)cc(=O)oc2c1)C(=O)NCCCN1CCCC1=O. The smallest absolute Gasteiger partial charge is 0.336 e. The van der Waals surface area contributed by atoms with Crippen molar-refractivity contribution in [1.29, 1.82) is 0 Å². The summed E-state index contributed by atoms with van der Waals surface area (Å²) < 4.78 is 11.2. The lowest BCUT2D eigenvalue weighted by molar-refractivity contribution is -0.127. The largest absolute Gasteiger partial charge is 0.481 e. The van der Waals surface area contributed by atoms with E-state index in [2.05, 4.69) is 5.32 Å². The molecule has 7 nitrogen and oxygen atoms in total. The van der Waals surface area contributed by atoms with Crippen molar-refractivity contribution >= 4 is 22.8 Å². The number of likely N-dealkylation sites (tertiary alicyclic amines) is 1. The molecule has 1 fully saturated rings. The first-order valence-corrected chi connectivity index (χ1v) is 10.9. The summed E-state index contributed by atoms with van der Waals surface area (Å²) in [6.07, 6.45) is 1.52. The third-order valence-corrected chi connectivity index (χ3v) is 5.56. The zero-order chi connectivity index (χ0) is 22.5. The van der Waals surface area contributed by atoms with Crippen molar-refractivity contribution in [3.05, 3.63) is 65.0 Å². The Morgan fingerprint density at radius 2 is 1.97 bits per heavy atom. The van der Waals surface area contributed by atoms with E-state index >= 15 is 0 Å². The van der Waals surface area contributed by atoms with Crippen LogP contribution in [0.15, 0.2) is 63.8 Å². The number of ether oxygens (including phenoxy) is 1. The standard InChI is InChI=1S/C25H26N2O5/c1-17(25(30)26-12-6-14-27-13-5-9-23(27)28)31-19-10-11-20-21(18-7-3-2-4-8-18)16-24(29)32-22(20)15-19/h2-4,7-8,10-11,15-17H,5-6,9,12-14H2,1H3,(H,26,30)/t17-/m1/s1. The highest BCUT2D eigenvalue weighted by atomic mass is 16.5. The van der Waals surface area contributed by atoms with Gasteiger partial charge in [-0.2, -0.15) is 0 Å². The van der Waals surface area contributed by atoms with Crippen LogP contribution in [-0.2, 0) is 9.59 Å². The third kappa shape index (κ3) is 4.99. The minimum absolute atomic E-state index is 0.186. The van der Waals surface area contributed by atoms with E-state index in [0.29, 0.717) is 37.3 Å². The fourth-order valence-electron chi connectivity index (χ4n) is 3.90. The van der Waals surface area contributed by atoms with Crippen molar-refractivity contribution in [3.8, 4) is 16.9 Å². The zero-order valence-electron chi connectivity index (χ0n) is 18.0. The molecule has 1 aliphatic heterocycles. The topological polar surface area (TPSA) is 88.8 Å². The van der Waals surface area contributed by atoms with Gasteiger partial charge in [-0.15, -0.1) is 0 Å². The van der Waals surface area contributed by atoms with Gasteiger partial charge >= 0.3 is 5.63 Å². The van der Waals surface area contributed by atoms with Crippen LogP contribution in [0.25, 0.3) is 22.1 Å². The summed E-state index contributed by atoms with van der Waals surface area (Å²) in [5.74, 6) is 0.389. The molecule has 0 saturated carbocycles. The Balaban J connectivity index is 1.38. The fraction of sp³-hybridized carbons (Fsp3) is 0.320. The van der Waals surface area contributed by atoms with Crippen LogP contribution in [0.5, 0.6) is 5.75 Å². The normalized spacial score (nSPS) is 14.5. The molecule has 4 rings (SSSR count). The molecule has 3 aromatic rings. The van der Waals surface area contributed by atoms with Crippen LogP contribution >= 0.6 is 0 Å². The number of nitrogens with one attached hydrogen (secondary N) is 1. The van der Waals surface area contributed by atoms with Gasteiger partial charge in [-0.1, -0.05) is 30.3 Å². The first-order valence-electron chi connectivity index (χ1n) is 10.9. The zero-order valence-corrected chi connectivity index (χ0v) is 18.0. The maximum absolute atomic E-state index is 12.4. The van der Waals surface area contributed by atoms with Crippen LogP contribution in [-0.4, -0.2) is 42.5 Å². The van der Waals surface area contributed by atoms with Gasteiger partial charge < -0.3 is 19.4 Å². The summed E-state index contributed by atoms with van der Waals surface area (Å²) >= 11 is 0. The number of benzene rings is 2. The van der Waals surface area contributed by atoms with Crippen molar-refractivity contribution in [1.82, 2.24) is 10.2 Å². The monoisotopic (exact) mass is 434 g/mol. The molecule has 1 aliphatic rings. The average Bonchev–Trinajstić information content (AvgIpc) is 3.20. The molecule has 0 unspecified atom stereocenters. The molecule has 32 heavy (non-hydrogen) atoms. The molecule has 2 aromatic carbocycles. The van der Waals surface area contributed by atoms with Gasteiger partial charge in [-0.25, -0.2) is 4.79 Å². The second-order valence-electron chi connectivity index (χ2n) is 7.89. The second-order valence-corrected chi connectivity index (χ2v) is 7.89. The fourth-order valence-corrected chi connectivity index (χ4v) is 3.90. The van der Waals surface area contributed by atoms with E-state index in [1.165, 1.54) is 6.07 Å². The molecule has 2 amide bonds. The highest BCUT2D eigenvalue weighted by molar-refractivity contribution is 5.93. The lowest BCUT2D eigenvalue weighted by Crippen LogP contribution is -2.38. The van der Waals surface area contributed by atoms with Crippen LogP contribution in [0.1, 0.15) is 26.2 Å². The number of carbonyl (C=O) groups excluding carboxylic acids is 2. The summed E-state index contributed by atoms with van der Waals surface area (Å²) in [5, 5.41) is 3.63. The number of rotatable bonds is 8. The number of hydrogen-bond acceptors (Lipinski definition) is 5. The molecule has 2 heterocycles. The van der Waals surface area contributed by atoms with Gasteiger partial charge in [0, 0.05) is 43.6 Å². The quantitative estimate of drug-likeness (QED) is 0.434. The van der Waals surface area contributed by atoms with Gasteiger partial charge in [-0.3, -0.25) is 9.59 Å². The Labute approximate surface area is 186 Å². The van der Waals surface area contributed by atoms with Crippen molar-refractivity contribution in [3.63, 3.8) is 0 Å². The molecule has 0 aliphatic carbocycles. The molecule has 7 heteroatoms. The van der Waals surface area contributed by atoms with E-state index in [9.17, 15) is 14.4 Å². The van der Waals surface area contributed by atoms with Crippen LogP contribution in [0.3, 0.4) is 0 Å². The highest BCUT2D eigenvalue weighted by Crippen LogP contribution is 2.29. The third-order valence-electron chi connectivity index (χ3n) is 5.56. The van der Waals surface area contributed by atoms with Gasteiger partial charge in [0.1, 0.15) is 11.3 Å². The number of nitrogens with zero attached hydrogens (tertiary/aromatic N) is 1. The molecule has 166 valence electrons. The number of amides is 2. The number of hydrogen-bond donors (Lipinski definition) is 1. The Kier molecular flexibility index (Phi) is 6.54. The van der Waals surface area contributed by atoms with Gasteiger partial charge in [0.25, 0.3) is 5.91 Å². The van der Waals surface area contributed by atoms with Crippen molar-refractivity contribution in [2.75, 3.05) is 19.6 Å². The predicted molar refractivity (Wildman–Crippen MR) is 121 cm³/mol. The molecular formula is C25H26N2O5. The van der Waals surface area contributed by atoms with E-state index in [-0.39, 0.29) is 11.8 Å². The van der Waals surface area contributed by atoms with Crippen molar-refractivity contribution in [2.45, 2.75) is 32.3 Å². The van der Waals surface area contributed by atoms with Gasteiger partial charge in [0.15, 0.2) is 6.10 Å². The molecule has 0 spiro atoms. The van der Waals surface area contributed by atoms with Crippen molar-refractivity contribution in [2.24, 2.45) is 0 Å². The molecule has 1 atom stereocenters. The summed E-state index contributed by atoms with van der Waals surface area (Å²) in [6.45, 7) is 3.60. The summed E-state index contributed by atoms with van der Waals surface area (Å²) in [4.78, 5) is 37.9. The van der Waals surface area contributed by atoms with Gasteiger partial charge in [0.2, 0.25) is 5.91 Å². The first kappa shape index (κ1) is 21.6. The summed E-state index contributed by atoms with van der Waals surface area (Å²) in [7, 11) is 0. The van der Waals surface area contributed by atoms with Crippen LogP contribution in [0.2, 0.25) is 0 Å². The lowest BCUT2D eigenvalue weighted by Gasteiger charge is -2.17. The molecule has 1 aromatic heterocycles. The Bertz CT molecular complexity index is 1170. The Hall–Kier alpha value is -3.61. The highest BCUT2D eigenvalue weighted by Gasteiger charge is 2.20. The van der Waals surface area contributed by atoms with E-state index in [1.807, 2.05) is 41.3 Å². The van der Waals surface area contributed by atoms with E-state index in [1.54, 1.807) is 19.1 Å². The first-order chi connectivity index (χ1) is 15.5. The predicted octanol–water partition coefficient (Wildman–Crippen LogP) is 3.36. The maximum atomic E-state index is 12.4. The minimum atomic E-state index is -0.718. The Morgan fingerprint density at radius 1 is 1.16 bits per heavy atom. The van der Waals surface area contributed by atoms with Crippen LogP contribution < -0.4 is 15.7 Å². The molecule has 1 N–H and O–H groups in total. The van der Waals surface area contributed by atoms with E-state index < -0.39 is 11.7 Å². The Morgan fingerprint density at radius 3 is 2.72 bits per heavy atom. The van der Waals surface area contributed by atoms with E-state index in [0.717, 1.165) is 29.5 Å².